The summed E-state index contributed by atoms with van der Waals surface area (Å²) in [6.07, 6.45) is 0.328. The number of rotatable bonds is 6. The van der Waals surface area contributed by atoms with Gasteiger partial charge in [-0.15, -0.1) is 12.4 Å². The molecule has 2 aromatic carbocycles. The van der Waals surface area contributed by atoms with Crippen molar-refractivity contribution >= 4 is 35.6 Å². The van der Waals surface area contributed by atoms with E-state index in [9.17, 15) is 9.59 Å². The van der Waals surface area contributed by atoms with Crippen LogP contribution >= 0.6 is 12.4 Å². The third-order valence-electron chi connectivity index (χ3n) is 3.85. The van der Waals surface area contributed by atoms with Crippen LogP contribution in [0.2, 0.25) is 0 Å². The van der Waals surface area contributed by atoms with E-state index in [0.29, 0.717) is 54.6 Å². The van der Waals surface area contributed by atoms with Crippen LogP contribution in [0, 0.1) is 0 Å². The number of fused-ring (bicyclic) bond motifs is 1. The number of carbonyl (C=O) groups is 2. The summed E-state index contributed by atoms with van der Waals surface area (Å²) in [5.74, 6) is 0.791. The average molecular weight is 392 g/mol. The number of amides is 2. The zero-order valence-electron chi connectivity index (χ0n) is 14.9. The topological polar surface area (TPSA) is 88.7 Å². The van der Waals surface area contributed by atoms with Gasteiger partial charge in [0, 0.05) is 24.7 Å². The Morgan fingerprint density at radius 1 is 1.00 bits per heavy atom. The van der Waals surface area contributed by atoms with Crippen LogP contribution in [0.1, 0.15) is 16.8 Å². The Labute approximate surface area is 163 Å². The fourth-order valence-corrected chi connectivity index (χ4v) is 2.56. The van der Waals surface area contributed by atoms with Gasteiger partial charge in [-0.2, -0.15) is 0 Å². The van der Waals surface area contributed by atoms with Gasteiger partial charge in [-0.05, 0) is 31.3 Å². The third kappa shape index (κ3) is 5.35. The van der Waals surface area contributed by atoms with Gasteiger partial charge >= 0.3 is 0 Å². The van der Waals surface area contributed by atoms with Crippen LogP contribution in [0.4, 0.5) is 11.4 Å². The first-order chi connectivity index (χ1) is 12.7. The summed E-state index contributed by atoms with van der Waals surface area (Å²) in [6, 6.07) is 12.1. The maximum atomic E-state index is 12.7. The van der Waals surface area contributed by atoms with Crippen molar-refractivity contribution in [1.82, 2.24) is 5.32 Å². The highest BCUT2D eigenvalue weighted by atomic mass is 35.5. The molecule has 0 radical (unpaired) electrons. The molecule has 0 bridgehead atoms. The summed E-state index contributed by atoms with van der Waals surface area (Å²) in [4.78, 5) is 24.6. The summed E-state index contributed by atoms with van der Waals surface area (Å²) in [6.45, 7) is 1.56. The minimum absolute atomic E-state index is 0. The second kappa shape index (κ2) is 9.80. The number of nitrogens with one attached hydrogen (secondary N) is 3. The molecule has 3 rings (SSSR count). The molecule has 2 aromatic rings. The van der Waals surface area contributed by atoms with Crippen LogP contribution < -0.4 is 25.4 Å². The highest BCUT2D eigenvalue weighted by molar-refractivity contribution is 6.10. The van der Waals surface area contributed by atoms with E-state index >= 15 is 0 Å². The number of benzene rings is 2. The monoisotopic (exact) mass is 391 g/mol. The molecule has 8 heteroatoms. The fourth-order valence-electron chi connectivity index (χ4n) is 2.56. The number of anilines is 2. The Morgan fingerprint density at radius 2 is 1.74 bits per heavy atom. The highest BCUT2D eigenvalue weighted by Gasteiger charge is 2.16. The summed E-state index contributed by atoms with van der Waals surface area (Å²) in [7, 11) is 1.78. The smallest absolute Gasteiger partial charge is 0.257 e. The van der Waals surface area contributed by atoms with Gasteiger partial charge in [0.25, 0.3) is 5.91 Å². The summed E-state index contributed by atoms with van der Waals surface area (Å²) < 4.78 is 11.0. The van der Waals surface area contributed by atoms with Crippen molar-refractivity contribution in [3.63, 3.8) is 0 Å². The van der Waals surface area contributed by atoms with Gasteiger partial charge in [0.15, 0.2) is 11.5 Å². The molecule has 27 heavy (non-hydrogen) atoms. The first-order valence-corrected chi connectivity index (χ1v) is 8.42. The lowest BCUT2D eigenvalue weighted by Crippen LogP contribution is -2.21. The largest absolute Gasteiger partial charge is 0.486 e. The van der Waals surface area contributed by atoms with E-state index in [1.807, 2.05) is 0 Å². The predicted molar refractivity (Wildman–Crippen MR) is 106 cm³/mol. The van der Waals surface area contributed by atoms with Crippen molar-refractivity contribution in [2.24, 2.45) is 0 Å². The molecule has 0 atom stereocenters. The zero-order valence-corrected chi connectivity index (χ0v) is 15.7. The molecule has 3 N–H and O–H groups in total. The van der Waals surface area contributed by atoms with Crippen LogP contribution in [0.15, 0.2) is 42.5 Å². The van der Waals surface area contributed by atoms with Crippen LogP contribution in [0.3, 0.4) is 0 Å². The molecule has 0 aliphatic carbocycles. The maximum Gasteiger partial charge on any atom is 0.257 e. The minimum Gasteiger partial charge on any atom is -0.486 e. The molecule has 1 heterocycles. The van der Waals surface area contributed by atoms with Gasteiger partial charge in [-0.25, -0.2) is 0 Å². The van der Waals surface area contributed by atoms with E-state index in [0.717, 1.165) is 0 Å². The van der Waals surface area contributed by atoms with Crippen molar-refractivity contribution in [2.75, 3.05) is 37.4 Å². The SMILES string of the molecule is CNCCC(=O)Nc1ccccc1C(=O)Nc1ccc2c(c1)OCCO2.Cl. The second-order valence-corrected chi connectivity index (χ2v) is 5.76. The Hall–Kier alpha value is -2.77. The quantitative estimate of drug-likeness (QED) is 0.704. The van der Waals surface area contributed by atoms with Crippen molar-refractivity contribution in [1.29, 1.82) is 0 Å². The molecule has 144 valence electrons. The molecule has 0 saturated heterocycles. The number of hydrogen-bond donors (Lipinski definition) is 3. The van der Waals surface area contributed by atoms with Gasteiger partial charge in [0.2, 0.25) is 5.91 Å². The Morgan fingerprint density at radius 3 is 2.52 bits per heavy atom. The minimum atomic E-state index is -0.314. The summed E-state index contributed by atoms with van der Waals surface area (Å²) >= 11 is 0. The molecular weight excluding hydrogens is 370 g/mol. The van der Waals surface area contributed by atoms with Crippen molar-refractivity contribution in [3.8, 4) is 11.5 Å². The zero-order chi connectivity index (χ0) is 18.4. The van der Waals surface area contributed by atoms with Crippen molar-refractivity contribution < 1.29 is 19.1 Å². The molecule has 0 unspecified atom stereocenters. The molecular formula is C19H22ClN3O4. The van der Waals surface area contributed by atoms with E-state index in [4.69, 9.17) is 9.47 Å². The highest BCUT2D eigenvalue weighted by Crippen LogP contribution is 2.32. The first kappa shape index (κ1) is 20.5. The lowest BCUT2D eigenvalue weighted by Gasteiger charge is -2.19. The normalized spacial score (nSPS) is 11.9. The van der Waals surface area contributed by atoms with Gasteiger partial charge in [0.1, 0.15) is 13.2 Å². The van der Waals surface area contributed by atoms with E-state index < -0.39 is 0 Å². The van der Waals surface area contributed by atoms with E-state index in [1.165, 1.54) is 0 Å². The molecule has 0 saturated carbocycles. The Kier molecular flexibility index (Phi) is 7.45. The fraction of sp³-hybridized carbons (Fsp3) is 0.263. The number of hydrogen-bond acceptors (Lipinski definition) is 5. The molecule has 0 spiro atoms. The first-order valence-electron chi connectivity index (χ1n) is 8.42. The van der Waals surface area contributed by atoms with E-state index in [2.05, 4.69) is 16.0 Å². The molecule has 1 aliphatic rings. The summed E-state index contributed by atoms with van der Waals surface area (Å²) in [5.41, 5.74) is 1.46. The Bertz CT molecular complexity index is 813. The second-order valence-electron chi connectivity index (χ2n) is 5.76. The molecule has 1 aliphatic heterocycles. The number of halogens is 1. The van der Waals surface area contributed by atoms with E-state index in [-0.39, 0.29) is 24.2 Å². The molecule has 0 fully saturated rings. The molecule has 7 nitrogen and oxygen atoms in total. The van der Waals surface area contributed by atoms with Gasteiger partial charge in [-0.3, -0.25) is 9.59 Å². The predicted octanol–water partition coefficient (Wildman–Crippen LogP) is 2.68. The van der Waals surface area contributed by atoms with Gasteiger partial charge in [-0.1, -0.05) is 12.1 Å². The molecule has 2 amide bonds. The van der Waals surface area contributed by atoms with Gasteiger partial charge in [0.05, 0.1) is 11.3 Å². The van der Waals surface area contributed by atoms with Crippen molar-refractivity contribution in [3.05, 3.63) is 48.0 Å². The van der Waals surface area contributed by atoms with E-state index in [1.54, 1.807) is 49.5 Å². The van der Waals surface area contributed by atoms with Crippen LogP contribution in [-0.4, -0.2) is 38.6 Å². The number of para-hydroxylation sites is 1. The van der Waals surface area contributed by atoms with Crippen LogP contribution in [0.5, 0.6) is 11.5 Å². The van der Waals surface area contributed by atoms with Crippen LogP contribution in [-0.2, 0) is 4.79 Å². The van der Waals surface area contributed by atoms with Crippen LogP contribution in [0.25, 0.3) is 0 Å². The lowest BCUT2D eigenvalue weighted by atomic mass is 10.1. The maximum absolute atomic E-state index is 12.7. The van der Waals surface area contributed by atoms with Gasteiger partial charge < -0.3 is 25.4 Å². The molecule has 0 aromatic heterocycles. The third-order valence-corrected chi connectivity index (χ3v) is 3.85. The lowest BCUT2D eigenvalue weighted by molar-refractivity contribution is -0.116. The summed E-state index contributed by atoms with van der Waals surface area (Å²) in [5, 5.41) is 8.52. The Balaban J connectivity index is 0.00000261. The standard InChI is InChI=1S/C19H21N3O4.ClH/c1-20-9-8-18(23)22-15-5-3-2-4-14(15)19(24)21-13-6-7-16-17(12-13)26-11-10-25-16;/h2-7,12,20H,8-11H2,1H3,(H,21,24)(H,22,23);1H. The number of ether oxygens (including phenoxy) is 2. The average Bonchev–Trinajstić information content (AvgIpc) is 2.66. The number of carbonyl (C=O) groups excluding carboxylic acids is 2. The van der Waals surface area contributed by atoms with Crippen molar-refractivity contribution in [2.45, 2.75) is 6.42 Å².